The average molecular weight is 239 g/mol. The summed E-state index contributed by atoms with van der Waals surface area (Å²) >= 11 is 0. The molecule has 18 heavy (non-hydrogen) atoms. The minimum atomic E-state index is -0.369. The van der Waals surface area contributed by atoms with Crippen LogP contribution >= 0.6 is 0 Å². The number of amides is 1. The number of hydrogen-bond acceptors (Lipinski definition) is 1. The minimum absolute atomic E-state index is 0.369. The fourth-order valence-corrected chi connectivity index (χ4v) is 2.11. The zero-order chi connectivity index (χ0) is 13.3. The first-order valence-electron chi connectivity index (χ1n) is 5.97. The van der Waals surface area contributed by atoms with Crippen molar-refractivity contribution in [2.75, 3.05) is 0 Å². The van der Waals surface area contributed by atoms with Gasteiger partial charge in [-0.2, -0.15) is 0 Å². The first-order chi connectivity index (χ1) is 8.50. The highest BCUT2D eigenvalue weighted by atomic mass is 16.1. The summed E-state index contributed by atoms with van der Waals surface area (Å²) in [6, 6.07) is 12.1. The number of nitrogens with two attached hydrogens (primary N) is 1. The normalized spacial score (nSPS) is 10.4. The van der Waals surface area contributed by atoms with E-state index >= 15 is 0 Å². The Morgan fingerprint density at radius 3 is 2.11 bits per heavy atom. The highest BCUT2D eigenvalue weighted by Gasteiger charge is 2.14. The third kappa shape index (κ3) is 2.14. The Labute approximate surface area is 107 Å². The van der Waals surface area contributed by atoms with Gasteiger partial charge in [-0.1, -0.05) is 42.0 Å². The van der Waals surface area contributed by atoms with E-state index in [1.54, 1.807) is 0 Å². The zero-order valence-electron chi connectivity index (χ0n) is 10.9. The Kier molecular flexibility index (Phi) is 3.19. The second-order valence-corrected chi connectivity index (χ2v) is 4.66. The average Bonchev–Trinajstić information content (AvgIpc) is 2.33. The monoisotopic (exact) mass is 239 g/mol. The standard InChI is InChI=1S/C16H17NO/c1-10-4-7-13(8-5-10)14-9-6-11(2)12(3)15(14)16(17)18/h4-9H,1-3H3,(H2,17,18). The van der Waals surface area contributed by atoms with Crippen molar-refractivity contribution in [2.45, 2.75) is 20.8 Å². The molecular weight excluding hydrogens is 222 g/mol. The predicted molar refractivity (Wildman–Crippen MR) is 74.6 cm³/mol. The van der Waals surface area contributed by atoms with Crippen molar-refractivity contribution in [1.82, 2.24) is 0 Å². The fraction of sp³-hybridized carbons (Fsp3) is 0.188. The predicted octanol–water partition coefficient (Wildman–Crippen LogP) is 3.38. The van der Waals surface area contributed by atoms with Gasteiger partial charge in [0, 0.05) is 0 Å². The van der Waals surface area contributed by atoms with Crippen molar-refractivity contribution in [3.8, 4) is 11.1 Å². The molecule has 0 fully saturated rings. The van der Waals surface area contributed by atoms with Crippen LogP contribution in [0.25, 0.3) is 11.1 Å². The lowest BCUT2D eigenvalue weighted by Crippen LogP contribution is -2.15. The van der Waals surface area contributed by atoms with Crippen LogP contribution in [0.4, 0.5) is 0 Å². The first kappa shape index (κ1) is 12.4. The summed E-state index contributed by atoms with van der Waals surface area (Å²) in [6.07, 6.45) is 0. The Bertz CT molecular complexity index is 597. The van der Waals surface area contributed by atoms with Gasteiger partial charge in [-0.3, -0.25) is 4.79 Å². The molecular formula is C16H17NO. The number of carbonyl (C=O) groups excluding carboxylic acids is 1. The van der Waals surface area contributed by atoms with Gasteiger partial charge in [0.25, 0.3) is 0 Å². The van der Waals surface area contributed by atoms with E-state index in [9.17, 15) is 4.79 Å². The van der Waals surface area contributed by atoms with Crippen LogP contribution in [0.15, 0.2) is 36.4 Å². The topological polar surface area (TPSA) is 43.1 Å². The van der Waals surface area contributed by atoms with Crippen LogP contribution in [0, 0.1) is 20.8 Å². The molecule has 0 spiro atoms. The summed E-state index contributed by atoms with van der Waals surface area (Å²) in [5.41, 5.74) is 11.3. The molecule has 92 valence electrons. The van der Waals surface area contributed by atoms with E-state index in [2.05, 4.69) is 0 Å². The van der Waals surface area contributed by atoms with Crippen LogP contribution in [0.2, 0.25) is 0 Å². The van der Waals surface area contributed by atoms with Crippen LogP contribution in [0.3, 0.4) is 0 Å². The molecule has 0 saturated carbocycles. The third-order valence-electron chi connectivity index (χ3n) is 3.34. The van der Waals surface area contributed by atoms with Gasteiger partial charge in [0.1, 0.15) is 0 Å². The molecule has 0 aliphatic rings. The molecule has 0 atom stereocenters. The van der Waals surface area contributed by atoms with Crippen LogP contribution in [0.1, 0.15) is 27.0 Å². The van der Waals surface area contributed by atoms with Crippen molar-refractivity contribution in [3.05, 3.63) is 58.7 Å². The van der Waals surface area contributed by atoms with Crippen molar-refractivity contribution < 1.29 is 4.79 Å². The molecule has 2 rings (SSSR count). The third-order valence-corrected chi connectivity index (χ3v) is 3.34. The zero-order valence-corrected chi connectivity index (χ0v) is 10.9. The van der Waals surface area contributed by atoms with E-state index in [1.807, 2.05) is 57.2 Å². The maximum Gasteiger partial charge on any atom is 0.249 e. The Morgan fingerprint density at radius 1 is 0.944 bits per heavy atom. The van der Waals surface area contributed by atoms with Crippen LogP contribution < -0.4 is 5.73 Å². The van der Waals surface area contributed by atoms with Gasteiger partial charge in [0.2, 0.25) is 5.91 Å². The van der Waals surface area contributed by atoms with Gasteiger partial charge < -0.3 is 5.73 Å². The maximum atomic E-state index is 11.7. The molecule has 0 bridgehead atoms. The van der Waals surface area contributed by atoms with Crippen LogP contribution in [0.5, 0.6) is 0 Å². The smallest absolute Gasteiger partial charge is 0.249 e. The molecule has 2 heteroatoms. The minimum Gasteiger partial charge on any atom is -0.366 e. The van der Waals surface area contributed by atoms with E-state index in [0.717, 1.165) is 22.3 Å². The SMILES string of the molecule is Cc1ccc(-c2ccc(C)c(C)c2C(N)=O)cc1. The number of rotatable bonds is 2. The molecule has 2 nitrogen and oxygen atoms in total. The largest absolute Gasteiger partial charge is 0.366 e. The van der Waals surface area contributed by atoms with E-state index < -0.39 is 0 Å². The summed E-state index contributed by atoms with van der Waals surface area (Å²) < 4.78 is 0. The summed E-state index contributed by atoms with van der Waals surface area (Å²) in [4.78, 5) is 11.7. The Hall–Kier alpha value is -2.09. The second-order valence-electron chi connectivity index (χ2n) is 4.66. The number of carbonyl (C=O) groups is 1. The van der Waals surface area contributed by atoms with Gasteiger partial charge >= 0.3 is 0 Å². The molecule has 0 saturated heterocycles. The Morgan fingerprint density at radius 2 is 1.56 bits per heavy atom. The van der Waals surface area contributed by atoms with E-state index in [4.69, 9.17) is 5.73 Å². The number of aryl methyl sites for hydroxylation is 2. The van der Waals surface area contributed by atoms with Gasteiger partial charge in [0.05, 0.1) is 5.56 Å². The van der Waals surface area contributed by atoms with Gasteiger partial charge in [-0.15, -0.1) is 0 Å². The van der Waals surface area contributed by atoms with Crippen LogP contribution in [-0.2, 0) is 0 Å². The van der Waals surface area contributed by atoms with Crippen molar-refractivity contribution in [1.29, 1.82) is 0 Å². The van der Waals surface area contributed by atoms with Gasteiger partial charge in [-0.05, 0) is 43.0 Å². The van der Waals surface area contributed by atoms with Gasteiger partial charge in [0.15, 0.2) is 0 Å². The summed E-state index contributed by atoms with van der Waals surface area (Å²) in [5, 5.41) is 0. The van der Waals surface area contributed by atoms with Crippen molar-refractivity contribution in [2.24, 2.45) is 5.73 Å². The molecule has 1 amide bonds. The molecule has 0 unspecified atom stereocenters. The summed E-state index contributed by atoms with van der Waals surface area (Å²) in [7, 11) is 0. The summed E-state index contributed by atoms with van der Waals surface area (Å²) in [6.45, 7) is 5.97. The fourth-order valence-electron chi connectivity index (χ4n) is 2.11. The van der Waals surface area contributed by atoms with Gasteiger partial charge in [-0.25, -0.2) is 0 Å². The van der Waals surface area contributed by atoms with Crippen molar-refractivity contribution >= 4 is 5.91 Å². The number of hydrogen-bond donors (Lipinski definition) is 1. The lowest BCUT2D eigenvalue weighted by Gasteiger charge is -2.12. The molecule has 2 N–H and O–H groups in total. The van der Waals surface area contributed by atoms with E-state index in [-0.39, 0.29) is 5.91 Å². The molecule has 0 aliphatic heterocycles. The lowest BCUT2D eigenvalue weighted by molar-refractivity contribution is 0.100. The van der Waals surface area contributed by atoms with Crippen molar-refractivity contribution in [3.63, 3.8) is 0 Å². The van der Waals surface area contributed by atoms with E-state index in [1.165, 1.54) is 5.56 Å². The quantitative estimate of drug-likeness (QED) is 0.857. The Balaban J connectivity index is 2.68. The van der Waals surface area contributed by atoms with E-state index in [0.29, 0.717) is 5.56 Å². The number of primary amides is 1. The molecule has 0 aliphatic carbocycles. The van der Waals surface area contributed by atoms with Crippen LogP contribution in [-0.4, -0.2) is 5.91 Å². The number of benzene rings is 2. The summed E-state index contributed by atoms with van der Waals surface area (Å²) in [5.74, 6) is -0.369. The molecule has 0 radical (unpaired) electrons. The molecule has 2 aromatic carbocycles. The molecule has 0 aromatic heterocycles. The highest BCUT2D eigenvalue weighted by molar-refractivity contribution is 6.01. The highest BCUT2D eigenvalue weighted by Crippen LogP contribution is 2.28. The maximum absolute atomic E-state index is 11.7. The molecule has 0 heterocycles. The lowest BCUT2D eigenvalue weighted by atomic mass is 9.92. The first-order valence-corrected chi connectivity index (χ1v) is 5.97. The second kappa shape index (κ2) is 4.65. The molecule has 2 aromatic rings.